The first kappa shape index (κ1) is 17.1. The minimum atomic E-state index is -3.48. The second-order valence-corrected chi connectivity index (χ2v) is 8.01. The van der Waals surface area contributed by atoms with Gasteiger partial charge in [-0.05, 0) is 37.0 Å². The Morgan fingerprint density at radius 3 is 2.71 bits per heavy atom. The number of sulfonamides is 1. The number of rotatable bonds is 5. The monoisotopic (exact) mass is 349 g/mol. The molecule has 1 aromatic rings. The molecule has 0 aromatic heterocycles. The van der Waals surface area contributed by atoms with Crippen molar-refractivity contribution in [3.05, 3.63) is 28.8 Å². The molecule has 0 N–H and O–H groups in total. The zero-order valence-electron chi connectivity index (χ0n) is 12.2. The van der Waals surface area contributed by atoms with Gasteiger partial charge in [-0.15, -0.1) is 11.6 Å². The van der Waals surface area contributed by atoms with Crippen molar-refractivity contribution in [3.8, 4) is 0 Å². The quantitative estimate of drug-likeness (QED) is 0.737. The van der Waals surface area contributed by atoms with Crippen LogP contribution in [0.5, 0.6) is 0 Å². The Hall–Kier alpha value is -0.290. The van der Waals surface area contributed by atoms with Crippen molar-refractivity contribution in [2.24, 2.45) is 0 Å². The lowest BCUT2D eigenvalue weighted by Crippen LogP contribution is -2.43. The van der Waals surface area contributed by atoms with Gasteiger partial charge in [-0.2, -0.15) is 4.31 Å². The highest BCUT2D eigenvalue weighted by molar-refractivity contribution is 7.89. The highest BCUT2D eigenvalue weighted by Crippen LogP contribution is 2.30. The van der Waals surface area contributed by atoms with Gasteiger partial charge in [-0.25, -0.2) is 8.42 Å². The van der Waals surface area contributed by atoms with Crippen LogP contribution in [0.3, 0.4) is 0 Å². The van der Waals surface area contributed by atoms with Crippen LogP contribution >= 0.6 is 23.2 Å². The maximum Gasteiger partial charge on any atom is 0.243 e. The van der Waals surface area contributed by atoms with Gasteiger partial charge in [0.1, 0.15) is 0 Å². The van der Waals surface area contributed by atoms with E-state index in [1.165, 1.54) is 6.07 Å². The highest BCUT2D eigenvalue weighted by Gasteiger charge is 2.33. The Kier molecular flexibility index (Phi) is 5.95. The van der Waals surface area contributed by atoms with Crippen LogP contribution in [0.1, 0.15) is 44.6 Å². The first-order chi connectivity index (χ1) is 10.0. The van der Waals surface area contributed by atoms with Crippen LogP contribution in [0.2, 0.25) is 5.02 Å². The largest absolute Gasteiger partial charge is 0.243 e. The molecule has 0 radical (unpaired) electrons. The zero-order chi connectivity index (χ0) is 15.5. The van der Waals surface area contributed by atoms with E-state index in [-0.39, 0.29) is 16.8 Å². The molecule has 2 rings (SSSR count). The topological polar surface area (TPSA) is 37.4 Å². The molecule has 118 valence electrons. The summed E-state index contributed by atoms with van der Waals surface area (Å²) in [6.07, 6.45) is 4.87. The summed E-state index contributed by atoms with van der Waals surface area (Å²) in [5.41, 5.74) is 0.751. The Bertz CT molecular complexity index is 587. The molecule has 21 heavy (non-hydrogen) atoms. The standard InChI is InChI=1S/C15H21Cl2NO2S/c1-2-5-13-6-3-4-9-18(13)21(19,20)14-8-7-12(11-16)15(17)10-14/h7-8,10,13H,2-6,9,11H2,1H3. The lowest BCUT2D eigenvalue weighted by Gasteiger charge is -2.34. The van der Waals surface area contributed by atoms with Crippen molar-refractivity contribution in [3.63, 3.8) is 0 Å². The smallest absolute Gasteiger partial charge is 0.207 e. The van der Waals surface area contributed by atoms with Gasteiger partial charge in [0.2, 0.25) is 10.0 Å². The first-order valence-electron chi connectivity index (χ1n) is 7.37. The molecular formula is C15H21Cl2NO2S. The summed E-state index contributed by atoms with van der Waals surface area (Å²) in [6, 6.07) is 4.93. The van der Waals surface area contributed by atoms with Crippen molar-refractivity contribution < 1.29 is 8.42 Å². The third-order valence-corrected chi connectivity index (χ3v) is 6.56. The summed E-state index contributed by atoms with van der Waals surface area (Å²) >= 11 is 11.9. The summed E-state index contributed by atoms with van der Waals surface area (Å²) in [5.74, 6) is 0.279. The van der Waals surface area contributed by atoms with Gasteiger partial charge in [-0.3, -0.25) is 0 Å². The maximum absolute atomic E-state index is 12.9. The van der Waals surface area contributed by atoms with Crippen molar-refractivity contribution in [1.29, 1.82) is 0 Å². The zero-order valence-corrected chi connectivity index (χ0v) is 14.5. The molecule has 0 amide bonds. The van der Waals surface area contributed by atoms with Crippen LogP contribution in [0.15, 0.2) is 23.1 Å². The Labute approximate surface area is 137 Å². The summed E-state index contributed by atoms with van der Waals surface area (Å²) in [5, 5.41) is 0.412. The van der Waals surface area contributed by atoms with Gasteiger partial charge < -0.3 is 0 Å². The molecule has 1 aliphatic rings. The molecule has 6 heteroatoms. The number of benzene rings is 1. The molecule has 1 aliphatic heterocycles. The lowest BCUT2D eigenvalue weighted by atomic mass is 10.0. The van der Waals surface area contributed by atoms with Gasteiger partial charge in [0.15, 0.2) is 0 Å². The fourth-order valence-electron chi connectivity index (χ4n) is 2.84. The van der Waals surface area contributed by atoms with E-state index >= 15 is 0 Å². The number of nitrogens with zero attached hydrogens (tertiary/aromatic N) is 1. The van der Waals surface area contributed by atoms with E-state index in [0.29, 0.717) is 11.6 Å². The first-order valence-corrected chi connectivity index (χ1v) is 9.72. The molecule has 3 nitrogen and oxygen atoms in total. The second kappa shape index (κ2) is 7.32. The fraction of sp³-hybridized carbons (Fsp3) is 0.600. The second-order valence-electron chi connectivity index (χ2n) is 5.44. The number of halogens is 2. The van der Waals surface area contributed by atoms with Crippen LogP contribution in [0, 0.1) is 0 Å². The van der Waals surface area contributed by atoms with Gasteiger partial charge in [0.05, 0.1) is 4.90 Å². The van der Waals surface area contributed by atoms with Crippen LogP contribution in [-0.4, -0.2) is 25.3 Å². The van der Waals surface area contributed by atoms with E-state index in [9.17, 15) is 8.42 Å². The molecule has 1 atom stereocenters. The molecular weight excluding hydrogens is 329 g/mol. The summed E-state index contributed by atoms with van der Waals surface area (Å²) in [4.78, 5) is 0.268. The van der Waals surface area contributed by atoms with Gasteiger partial charge in [0, 0.05) is 23.5 Å². The minimum Gasteiger partial charge on any atom is -0.207 e. The van der Waals surface area contributed by atoms with Crippen LogP contribution < -0.4 is 0 Å². The highest BCUT2D eigenvalue weighted by atomic mass is 35.5. The number of alkyl halides is 1. The van der Waals surface area contributed by atoms with Crippen LogP contribution in [-0.2, 0) is 15.9 Å². The van der Waals surface area contributed by atoms with Gasteiger partial charge >= 0.3 is 0 Å². The molecule has 1 unspecified atom stereocenters. The van der Waals surface area contributed by atoms with Crippen molar-refractivity contribution in [2.75, 3.05) is 6.54 Å². The number of hydrogen-bond donors (Lipinski definition) is 0. The average molecular weight is 350 g/mol. The SMILES string of the molecule is CCCC1CCCCN1S(=O)(=O)c1ccc(CCl)c(Cl)c1. The molecule has 1 fully saturated rings. The Balaban J connectivity index is 2.33. The van der Waals surface area contributed by atoms with Gasteiger partial charge in [-0.1, -0.05) is 37.4 Å². The Morgan fingerprint density at radius 2 is 2.10 bits per heavy atom. The molecule has 0 bridgehead atoms. The number of piperidine rings is 1. The van der Waals surface area contributed by atoms with E-state index < -0.39 is 10.0 Å². The van der Waals surface area contributed by atoms with Crippen molar-refractivity contribution in [2.45, 2.75) is 55.8 Å². The van der Waals surface area contributed by atoms with Crippen molar-refractivity contribution >= 4 is 33.2 Å². The van der Waals surface area contributed by atoms with E-state index in [2.05, 4.69) is 6.92 Å². The predicted octanol–water partition coefficient (Wildman–Crippen LogP) is 4.42. The summed E-state index contributed by atoms with van der Waals surface area (Å²) < 4.78 is 27.4. The lowest BCUT2D eigenvalue weighted by molar-refractivity contribution is 0.239. The normalized spacial score (nSPS) is 20.6. The minimum absolute atomic E-state index is 0.111. The molecule has 1 aromatic carbocycles. The molecule has 1 saturated heterocycles. The van der Waals surface area contributed by atoms with E-state index in [0.717, 1.165) is 37.7 Å². The maximum atomic E-state index is 12.9. The van der Waals surface area contributed by atoms with E-state index in [1.807, 2.05) is 0 Å². The molecule has 0 spiro atoms. The summed E-state index contributed by atoms with van der Waals surface area (Å²) in [7, 11) is -3.48. The Morgan fingerprint density at radius 1 is 1.33 bits per heavy atom. The van der Waals surface area contributed by atoms with E-state index in [4.69, 9.17) is 23.2 Å². The van der Waals surface area contributed by atoms with Crippen molar-refractivity contribution in [1.82, 2.24) is 4.31 Å². The third kappa shape index (κ3) is 3.73. The molecule has 0 aliphatic carbocycles. The van der Waals surface area contributed by atoms with Crippen LogP contribution in [0.25, 0.3) is 0 Å². The van der Waals surface area contributed by atoms with Gasteiger partial charge in [0.25, 0.3) is 0 Å². The molecule has 0 saturated carbocycles. The third-order valence-electron chi connectivity index (χ3n) is 3.97. The van der Waals surface area contributed by atoms with E-state index in [1.54, 1.807) is 16.4 Å². The predicted molar refractivity (Wildman–Crippen MR) is 87.4 cm³/mol. The summed E-state index contributed by atoms with van der Waals surface area (Å²) in [6.45, 7) is 2.69. The van der Waals surface area contributed by atoms with Crippen LogP contribution in [0.4, 0.5) is 0 Å². The number of hydrogen-bond acceptors (Lipinski definition) is 2. The fourth-order valence-corrected chi connectivity index (χ4v) is 5.21. The average Bonchev–Trinajstić information content (AvgIpc) is 2.48. The molecule has 1 heterocycles.